The zero-order chi connectivity index (χ0) is 9.78. The van der Waals surface area contributed by atoms with Crippen molar-refractivity contribution in [3.8, 4) is 0 Å². The van der Waals surface area contributed by atoms with E-state index in [2.05, 4.69) is 11.7 Å². The first-order valence-corrected chi connectivity index (χ1v) is 3.02. The summed E-state index contributed by atoms with van der Waals surface area (Å²) in [7, 11) is 0. The first kappa shape index (κ1) is 10.7. The average molecular weight is 179 g/mol. The van der Waals surface area contributed by atoms with Crippen LogP contribution >= 0.6 is 0 Å². The van der Waals surface area contributed by atoms with Crippen LogP contribution in [0.15, 0.2) is 28.6 Å². The second kappa shape index (κ2) is 3.94. The molecule has 0 aliphatic carbocycles. The summed E-state index contributed by atoms with van der Waals surface area (Å²) in [5.41, 5.74) is -1.21. The van der Waals surface area contributed by atoms with Gasteiger partial charge in [0.1, 0.15) is 11.5 Å². The molecule has 1 N–H and O–H groups in total. The molecule has 0 aliphatic heterocycles. The van der Waals surface area contributed by atoms with Crippen molar-refractivity contribution in [2.75, 3.05) is 0 Å². The molecule has 0 spiro atoms. The number of rotatable bonds is 2. The first-order valence-electron chi connectivity index (χ1n) is 3.02. The van der Waals surface area contributed by atoms with E-state index in [0.29, 0.717) is 6.08 Å². The molecule has 0 aliphatic rings. The fourth-order valence-electron chi connectivity index (χ4n) is 0.441. The lowest BCUT2D eigenvalue weighted by atomic mass is 10.3. The van der Waals surface area contributed by atoms with Crippen LogP contribution in [0.25, 0.3) is 0 Å². The molecule has 0 unspecified atom stereocenters. The molecule has 0 heterocycles. The van der Waals surface area contributed by atoms with Crippen LogP contribution in [0.4, 0.5) is 13.2 Å². The van der Waals surface area contributed by atoms with Crippen LogP contribution in [0.1, 0.15) is 6.92 Å². The Kier molecular flexibility index (Phi) is 3.53. The van der Waals surface area contributed by atoms with E-state index in [0.717, 1.165) is 6.08 Å². The second-order valence-corrected chi connectivity index (χ2v) is 1.90. The fourth-order valence-corrected chi connectivity index (χ4v) is 0.441. The molecule has 0 aromatic rings. The summed E-state index contributed by atoms with van der Waals surface area (Å²) in [6, 6.07) is 0. The first-order chi connectivity index (χ1) is 5.41. The van der Waals surface area contributed by atoms with Gasteiger partial charge in [-0.15, -0.1) is 0 Å². The quantitative estimate of drug-likeness (QED) is 0.394. The van der Waals surface area contributed by atoms with Crippen LogP contribution in [-0.4, -0.2) is 18.0 Å². The maximum Gasteiger partial charge on any atom is 0.433 e. The van der Waals surface area contributed by atoms with Crippen molar-refractivity contribution < 1.29 is 18.3 Å². The molecule has 0 bridgehead atoms. The van der Waals surface area contributed by atoms with E-state index in [1.165, 1.54) is 6.92 Å². The second-order valence-electron chi connectivity index (χ2n) is 1.90. The van der Waals surface area contributed by atoms with Crippen LogP contribution in [-0.2, 0) is 0 Å². The Morgan fingerprint density at radius 3 is 2.25 bits per heavy atom. The SMILES string of the molecule is C=N/C(=C\C(O)=C/C)C(F)(F)F. The Hall–Kier alpha value is -1.26. The molecule has 12 heavy (non-hydrogen) atoms. The molecule has 0 saturated heterocycles. The van der Waals surface area contributed by atoms with Crippen LogP contribution in [0.2, 0.25) is 0 Å². The average Bonchev–Trinajstić information content (AvgIpc) is 1.97. The zero-order valence-corrected chi connectivity index (χ0v) is 6.39. The van der Waals surface area contributed by atoms with Gasteiger partial charge in [-0.2, -0.15) is 13.2 Å². The molecule has 5 heteroatoms. The number of alkyl halides is 3. The van der Waals surface area contributed by atoms with E-state index < -0.39 is 17.6 Å². The van der Waals surface area contributed by atoms with Crippen LogP contribution in [0, 0.1) is 0 Å². The highest BCUT2D eigenvalue weighted by Crippen LogP contribution is 2.26. The maximum absolute atomic E-state index is 11.9. The normalized spacial score (nSPS) is 14.7. The third-order valence-electron chi connectivity index (χ3n) is 1.04. The molecule has 0 aromatic heterocycles. The lowest BCUT2D eigenvalue weighted by Gasteiger charge is -2.04. The number of aliphatic hydroxyl groups excluding tert-OH is 1. The molecule has 0 radical (unpaired) electrons. The van der Waals surface area contributed by atoms with Crippen LogP contribution in [0.3, 0.4) is 0 Å². The monoisotopic (exact) mass is 179 g/mol. The molecule has 68 valence electrons. The van der Waals surface area contributed by atoms with Crippen molar-refractivity contribution >= 4 is 6.72 Å². The number of halogens is 3. The highest BCUT2D eigenvalue weighted by Gasteiger charge is 2.33. The van der Waals surface area contributed by atoms with Gasteiger partial charge in [0.05, 0.1) is 0 Å². The van der Waals surface area contributed by atoms with Gasteiger partial charge in [0, 0.05) is 6.08 Å². The number of allylic oxidation sites excluding steroid dienone is 3. The van der Waals surface area contributed by atoms with Gasteiger partial charge in [0.25, 0.3) is 0 Å². The predicted octanol–water partition coefficient (Wildman–Crippen LogP) is 2.60. The smallest absolute Gasteiger partial charge is 0.433 e. The van der Waals surface area contributed by atoms with E-state index >= 15 is 0 Å². The summed E-state index contributed by atoms with van der Waals surface area (Å²) in [6.45, 7) is 4.14. The van der Waals surface area contributed by atoms with Crippen LogP contribution in [0.5, 0.6) is 0 Å². The third-order valence-corrected chi connectivity index (χ3v) is 1.04. The topological polar surface area (TPSA) is 32.6 Å². The molecular weight excluding hydrogens is 171 g/mol. The molecule has 0 atom stereocenters. The fraction of sp³-hybridized carbons (Fsp3) is 0.286. The lowest BCUT2D eigenvalue weighted by molar-refractivity contribution is -0.0924. The summed E-state index contributed by atoms with van der Waals surface area (Å²) in [4.78, 5) is 2.73. The number of aliphatic hydroxyl groups is 1. The van der Waals surface area contributed by atoms with Crippen molar-refractivity contribution in [3.05, 3.63) is 23.6 Å². The summed E-state index contributed by atoms with van der Waals surface area (Å²) in [6.07, 6.45) is -2.94. The van der Waals surface area contributed by atoms with Gasteiger partial charge in [0.15, 0.2) is 0 Å². The van der Waals surface area contributed by atoms with E-state index in [1.807, 2.05) is 0 Å². The molecule has 2 nitrogen and oxygen atoms in total. The molecule has 0 saturated carbocycles. The third kappa shape index (κ3) is 3.23. The number of nitrogens with zero attached hydrogens (tertiary/aromatic N) is 1. The largest absolute Gasteiger partial charge is 0.508 e. The Balaban J connectivity index is 4.80. The van der Waals surface area contributed by atoms with E-state index in [1.54, 1.807) is 0 Å². The summed E-state index contributed by atoms with van der Waals surface area (Å²) in [5.74, 6) is -0.491. The van der Waals surface area contributed by atoms with Gasteiger partial charge in [-0.05, 0) is 19.7 Å². The van der Waals surface area contributed by atoms with Gasteiger partial charge in [0.2, 0.25) is 0 Å². The van der Waals surface area contributed by atoms with E-state index in [4.69, 9.17) is 5.11 Å². The van der Waals surface area contributed by atoms with Crippen molar-refractivity contribution in [2.45, 2.75) is 13.1 Å². The van der Waals surface area contributed by atoms with E-state index in [-0.39, 0.29) is 0 Å². The standard InChI is InChI=1S/C7H8F3NO/c1-3-5(12)4-6(11-2)7(8,9)10/h3-4,12H,2H2,1H3/b5-3+,6-4-. The highest BCUT2D eigenvalue weighted by atomic mass is 19.4. The minimum Gasteiger partial charge on any atom is -0.508 e. The van der Waals surface area contributed by atoms with Gasteiger partial charge < -0.3 is 5.11 Å². The molecule has 0 fully saturated rings. The minimum absolute atomic E-state index is 0.491. The molecule has 0 rings (SSSR count). The summed E-state index contributed by atoms with van der Waals surface area (Å²) in [5, 5.41) is 8.72. The summed E-state index contributed by atoms with van der Waals surface area (Å²) >= 11 is 0. The van der Waals surface area contributed by atoms with Gasteiger partial charge >= 0.3 is 6.18 Å². The van der Waals surface area contributed by atoms with Crippen molar-refractivity contribution in [2.24, 2.45) is 4.99 Å². The number of hydrogen-bond acceptors (Lipinski definition) is 2. The number of hydrogen-bond donors (Lipinski definition) is 1. The van der Waals surface area contributed by atoms with Crippen molar-refractivity contribution in [3.63, 3.8) is 0 Å². The van der Waals surface area contributed by atoms with E-state index in [9.17, 15) is 13.2 Å². The Labute approximate surface area is 67.7 Å². The minimum atomic E-state index is -4.57. The van der Waals surface area contributed by atoms with Gasteiger partial charge in [-0.25, -0.2) is 0 Å². The van der Waals surface area contributed by atoms with Crippen molar-refractivity contribution in [1.29, 1.82) is 0 Å². The molecule has 0 amide bonds. The lowest BCUT2D eigenvalue weighted by Crippen LogP contribution is -2.10. The van der Waals surface area contributed by atoms with Gasteiger partial charge in [-0.1, -0.05) is 0 Å². The van der Waals surface area contributed by atoms with Crippen molar-refractivity contribution in [1.82, 2.24) is 0 Å². The Morgan fingerprint density at radius 1 is 1.50 bits per heavy atom. The predicted molar refractivity (Wildman–Crippen MR) is 40.1 cm³/mol. The van der Waals surface area contributed by atoms with Gasteiger partial charge in [-0.3, -0.25) is 4.99 Å². The number of aliphatic imine (C=N–C) groups is 1. The Bertz CT molecular complexity index is 227. The maximum atomic E-state index is 11.9. The summed E-state index contributed by atoms with van der Waals surface area (Å²) < 4.78 is 35.6. The zero-order valence-electron chi connectivity index (χ0n) is 6.39. The van der Waals surface area contributed by atoms with Crippen LogP contribution < -0.4 is 0 Å². The highest BCUT2D eigenvalue weighted by molar-refractivity contribution is 5.32. The molecular formula is C7H8F3NO. The molecule has 0 aromatic carbocycles. The Morgan fingerprint density at radius 2 is 2.00 bits per heavy atom.